The normalized spacial score (nSPS) is 10.8. The predicted molar refractivity (Wildman–Crippen MR) is 72.0 cm³/mol. The van der Waals surface area contributed by atoms with Crippen molar-refractivity contribution >= 4 is 39.1 Å². The summed E-state index contributed by atoms with van der Waals surface area (Å²) in [6.07, 6.45) is 4.06. The van der Waals surface area contributed by atoms with Crippen LogP contribution in [0.25, 0.3) is 10.2 Å². The smallest absolute Gasteiger partial charge is 0.190 e. The molecule has 84 valence electrons. The zero-order valence-electron chi connectivity index (χ0n) is 8.85. The van der Waals surface area contributed by atoms with Crippen LogP contribution in [-0.2, 0) is 0 Å². The Balaban J connectivity index is 2.09. The van der Waals surface area contributed by atoms with E-state index in [0.29, 0.717) is 5.82 Å². The first kappa shape index (κ1) is 11.4. The molecule has 16 heavy (non-hydrogen) atoms. The van der Waals surface area contributed by atoms with Crippen LogP contribution in [0.2, 0.25) is 0 Å². The fourth-order valence-corrected chi connectivity index (χ4v) is 2.96. The van der Waals surface area contributed by atoms with Crippen LogP contribution in [0, 0.1) is 0 Å². The van der Waals surface area contributed by atoms with Gasteiger partial charge in [0, 0.05) is 5.75 Å². The first-order valence-electron chi connectivity index (χ1n) is 5.05. The van der Waals surface area contributed by atoms with Crippen LogP contribution in [0.15, 0.2) is 29.3 Å². The van der Waals surface area contributed by atoms with Gasteiger partial charge in [0.25, 0.3) is 0 Å². The second kappa shape index (κ2) is 5.32. The fraction of sp³-hybridized carbons (Fsp3) is 0.273. The number of hydrogen-bond donors (Lipinski definition) is 1. The number of nitrogens with zero attached hydrogens (tertiary/aromatic N) is 2. The molecule has 2 aromatic heterocycles. The Morgan fingerprint density at radius 3 is 3.19 bits per heavy atom. The molecule has 0 saturated heterocycles. The van der Waals surface area contributed by atoms with Gasteiger partial charge in [-0.3, -0.25) is 0 Å². The van der Waals surface area contributed by atoms with Gasteiger partial charge in [-0.2, -0.15) is 0 Å². The Labute approximate surface area is 103 Å². The van der Waals surface area contributed by atoms with E-state index in [2.05, 4.69) is 16.5 Å². The molecule has 0 unspecified atom stereocenters. The van der Waals surface area contributed by atoms with Crippen LogP contribution in [0.1, 0.15) is 12.8 Å². The second-order valence-electron chi connectivity index (χ2n) is 3.31. The molecular weight excluding hydrogens is 238 g/mol. The number of anilines is 1. The minimum atomic E-state index is 0.581. The highest BCUT2D eigenvalue weighted by Gasteiger charge is 2.06. The summed E-state index contributed by atoms with van der Waals surface area (Å²) in [6, 6.07) is 1.96. The first-order chi connectivity index (χ1) is 7.81. The van der Waals surface area contributed by atoms with Crippen LogP contribution in [0.4, 0.5) is 5.82 Å². The van der Waals surface area contributed by atoms with Gasteiger partial charge in [0.2, 0.25) is 0 Å². The molecule has 0 amide bonds. The van der Waals surface area contributed by atoms with Gasteiger partial charge in [-0.25, -0.2) is 9.97 Å². The van der Waals surface area contributed by atoms with Crippen LogP contribution >= 0.6 is 23.1 Å². The lowest BCUT2D eigenvalue weighted by Crippen LogP contribution is -1.95. The van der Waals surface area contributed by atoms with Gasteiger partial charge in [0.05, 0.1) is 5.39 Å². The maximum absolute atomic E-state index is 5.86. The highest BCUT2D eigenvalue weighted by atomic mass is 32.2. The van der Waals surface area contributed by atoms with Gasteiger partial charge in [-0.1, -0.05) is 17.8 Å². The van der Waals surface area contributed by atoms with Crippen molar-refractivity contribution in [1.82, 2.24) is 9.97 Å². The van der Waals surface area contributed by atoms with Gasteiger partial charge >= 0.3 is 0 Å². The van der Waals surface area contributed by atoms with Crippen LogP contribution in [0.5, 0.6) is 0 Å². The van der Waals surface area contributed by atoms with Crippen LogP contribution in [-0.4, -0.2) is 15.7 Å². The molecule has 0 spiro atoms. The summed E-state index contributed by atoms with van der Waals surface area (Å²) in [6.45, 7) is 3.69. The minimum Gasteiger partial charge on any atom is -0.383 e. The van der Waals surface area contributed by atoms with E-state index in [1.54, 1.807) is 23.1 Å². The van der Waals surface area contributed by atoms with Gasteiger partial charge in [-0.15, -0.1) is 17.9 Å². The monoisotopic (exact) mass is 251 g/mol. The summed E-state index contributed by atoms with van der Waals surface area (Å²) in [4.78, 5) is 9.71. The molecular formula is C11H13N3S2. The number of aromatic nitrogens is 2. The van der Waals surface area contributed by atoms with Crippen molar-refractivity contribution in [3.8, 4) is 0 Å². The van der Waals surface area contributed by atoms with E-state index < -0.39 is 0 Å². The Morgan fingerprint density at radius 2 is 2.38 bits per heavy atom. The number of hydrogen-bond acceptors (Lipinski definition) is 5. The van der Waals surface area contributed by atoms with E-state index in [0.717, 1.165) is 34.0 Å². The lowest BCUT2D eigenvalue weighted by Gasteiger charge is -2.01. The topological polar surface area (TPSA) is 51.8 Å². The summed E-state index contributed by atoms with van der Waals surface area (Å²) in [5.74, 6) is 1.58. The zero-order chi connectivity index (χ0) is 11.4. The molecule has 0 aliphatic carbocycles. The quantitative estimate of drug-likeness (QED) is 0.383. The standard InChI is InChI=1S/C11H13N3S2/c1-2-3-4-6-16-11-13-9(12)8-5-7-15-10(8)14-11/h2,5,7H,1,3-4,6H2,(H2,12,13,14). The molecule has 2 heterocycles. The van der Waals surface area contributed by atoms with Crippen LogP contribution in [0.3, 0.4) is 0 Å². The minimum absolute atomic E-state index is 0.581. The number of thioether (sulfide) groups is 1. The lowest BCUT2D eigenvalue weighted by molar-refractivity contribution is 0.958. The number of unbranched alkanes of at least 4 members (excludes halogenated alkanes) is 1. The number of rotatable bonds is 5. The molecule has 3 nitrogen and oxygen atoms in total. The van der Waals surface area contributed by atoms with E-state index in [1.807, 2.05) is 17.5 Å². The summed E-state index contributed by atoms with van der Waals surface area (Å²) in [5.41, 5.74) is 5.86. The molecule has 2 N–H and O–H groups in total. The van der Waals surface area contributed by atoms with E-state index in [-0.39, 0.29) is 0 Å². The summed E-state index contributed by atoms with van der Waals surface area (Å²) in [7, 11) is 0. The number of thiophene rings is 1. The van der Waals surface area contributed by atoms with Crippen molar-refractivity contribution in [2.75, 3.05) is 11.5 Å². The average Bonchev–Trinajstić information content (AvgIpc) is 2.73. The molecule has 0 saturated carbocycles. The van der Waals surface area contributed by atoms with E-state index in [1.165, 1.54) is 0 Å². The third-order valence-electron chi connectivity index (χ3n) is 2.12. The van der Waals surface area contributed by atoms with Crippen molar-refractivity contribution in [3.63, 3.8) is 0 Å². The summed E-state index contributed by atoms with van der Waals surface area (Å²) < 4.78 is 0. The van der Waals surface area contributed by atoms with Crippen molar-refractivity contribution in [2.24, 2.45) is 0 Å². The molecule has 0 aliphatic heterocycles. The molecule has 2 rings (SSSR count). The fourth-order valence-electron chi connectivity index (χ4n) is 1.31. The molecule has 0 atom stereocenters. The highest BCUT2D eigenvalue weighted by Crippen LogP contribution is 2.26. The number of allylic oxidation sites excluding steroid dienone is 1. The van der Waals surface area contributed by atoms with Gasteiger partial charge in [-0.05, 0) is 24.3 Å². The van der Waals surface area contributed by atoms with E-state index in [9.17, 15) is 0 Å². The van der Waals surface area contributed by atoms with Gasteiger partial charge in [0.1, 0.15) is 10.6 Å². The first-order valence-corrected chi connectivity index (χ1v) is 6.92. The van der Waals surface area contributed by atoms with Crippen molar-refractivity contribution in [1.29, 1.82) is 0 Å². The molecule has 0 fully saturated rings. The molecule has 0 bridgehead atoms. The van der Waals surface area contributed by atoms with Crippen molar-refractivity contribution in [2.45, 2.75) is 18.0 Å². The average molecular weight is 251 g/mol. The SMILES string of the molecule is C=CCCCSc1nc(N)c2ccsc2n1. The highest BCUT2D eigenvalue weighted by molar-refractivity contribution is 7.99. The molecule has 2 aromatic rings. The van der Waals surface area contributed by atoms with Gasteiger partial charge < -0.3 is 5.73 Å². The second-order valence-corrected chi connectivity index (χ2v) is 5.27. The van der Waals surface area contributed by atoms with E-state index >= 15 is 0 Å². The number of nitrogen functional groups attached to an aromatic ring is 1. The van der Waals surface area contributed by atoms with Crippen molar-refractivity contribution < 1.29 is 0 Å². The molecule has 0 aromatic carbocycles. The summed E-state index contributed by atoms with van der Waals surface area (Å²) in [5, 5.41) is 3.72. The number of nitrogens with two attached hydrogens (primary N) is 1. The maximum atomic E-state index is 5.86. The Hall–Kier alpha value is -1.07. The number of fused-ring (bicyclic) bond motifs is 1. The lowest BCUT2D eigenvalue weighted by atomic mass is 10.3. The third-order valence-corrected chi connectivity index (χ3v) is 3.86. The molecule has 0 aliphatic rings. The predicted octanol–water partition coefficient (Wildman–Crippen LogP) is 3.33. The third kappa shape index (κ3) is 2.54. The van der Waals surface area contributed by atoms with Crippen LogP contribution < -0.4 is 5.73 Å². The molecule has 0 radical (unpaired) electrons. The van der Waals surface area contributed by atoms with Gasteiger partial charge in [0.15, 0.2) is 5.16 Å². The van der Waals surface area contributed by atoms with E-state index in [4.69, 9.17) is 5.73 Å². The Morgan fingerprint density at radius 1 is 1.50 bits per heavy atom. The van der Waals surface area contributed by atoms with Crippen molar-refractivity contribution in [3.05, 3.63) is 24.1 Å². The zero-order valence-corrected chi connectivity index (χ0v) is 10.5. The Bertz CT molecular complexity index is 493. The molecule has 5 heteroatoms. The largest absolute Gasteiger partial charge is 0.383 e. The summed E-state index contributed by atoms with van der Waals surface area (Å²) >= 11 is 3.25. The maximum Gasteiger partial charge on any atom is 0.190 e. The Kier molecular flexibility index (Phi) is 3.79.